The Labute approximate surface area is 169 Å². The lowest BCUT2D eigenvalue weighted by Crippen LogP contribution is -2.37. The maximum Gasteiger partial charge on any atom is 0.310 e. The number of primary amides is 1. The third-order valence-corrected chi connectivity index (χ3v) is 5.48. The van der Waals surface area contributed by atoms with E-state index < -0.39 is 23.3 Å². The van der Waals surface area contributed by atoms with Gasteiger partial charge in [0, 0.05) is 10.9 Å². The summed E-state index contributed by atoms with van der Waals surface area (Å²) in [5.41, 5.74) is 6.59. The second-order valence-corrected chi connectivity index (χ2v) is 7.45. The minimum absolute atomic E-state index is 0.0152. The first-order valence-electron chi connectivity index (χ1n) is 8.28. The minimum Gasteiger partial charge on any atom is -0.477 e. The summed E-state index contributed by atoms with van der Waals surface area (Å²) in [5.74, 6) is -1.16. The number of hydrogen-bond acceptors (Lipinski definition) is 7. The zero-order valence-electron chi connectivity index (χ0n) is 14.5. The number of thiocarbonyl (C=S) groups is 1. The third-order valence-electron chi connectivity index (χ3n) is 4.07. The van der Waals surface area contributed by atoms with E-state index in [1.54, 1.807) is 6.07 Å². The van der Waals surface area contributed by atoms with Gasteiger partial charge in [0.15, 0.2) is 17.5 Å². The van der Waals surface area contributed by atoms with Crippen LogP contribution in [0.5, 0.6) is 5.75 Å². The molecule has 0 unspecified atom stereocenters. The first-order chi connectivity index (χ1) is 13.4. The number of fused-ring (bicyclic) bond motifs is 1. The van der Waals surface area contributed by atoms with Crippen molar-refractivity contribution < 1.29 is 19.2 Å². The van der Waals surface area contributed by atoms with Crippen molar-refractivity contribution in [2.24, 2.45) is 5.73 Å². The molecule has 28 heavy (non-hydrogen) atoms. The van der Waals surface area contributed by atoms with E-state index in [-0.39, 0.29) is 16.5 Å². The van der Waals surface area contributed by atoms with Gasteiger partial charge in [0.05, 0.1) is 10.5 Å². The van der Waals surface area contributed by atoms with Gasteiger partial charge in [-0.05, 0) is 43.1 Å². The van der Waals surface area contributed by atoms with Gasteiger partial charge in [-0.25, -0.2) is 0 Å². The highest BCUT2D eigenvalue weighted by Gasteiger charge is 2.26. The largest absolute Gasteiger partial charge is 0.477 e. The Kier molecular flexibility index (Phi) is 5.85. The maximum absolute atomic E-state index is 12.0. The zero-order chi connectivity index (χ0) is 20.3. The number of nitro benzene ring substituents is 1. The van der Waals surface area contributed by atoms with E-state index in [0.29, 0.717) is 10.6 Å². The summed E-state index contributed by atoms with van der Waals surface area (Å²) in [6, 6.07) is 5.74. The van der Waals surface area contributed by atoms with Crippen molar-refractivity contribution in [3.05, 3.63) is 50.4 Å². The van der Waals surface area contributed by atoms with Crippen LogP contribution >= 0.6 is 23.6 Å². The van der Waals surface area contributed by atoms with Crippen molar-refractivity contribution in [2.75, 3.05) is 11.9 Å². The molecule has 2 amide bonds. The number of nitrogens with one attached hydrogen (secondary N) is 2. The van der Waals surface area contributed by atoms with Crippen LogP contribution < -0.4 is 21.1 Å². The number of carbonyl (C=O) groups is 2. The van der Waals surface area contributed by atoms with Crippen LogP contribution in [-0.2, 0) is 17.6 Å². The molecule has 2 aromatic rings. The third kappa shape index (κ3) is 4.26. The maximum atomic E-state index is 12.0. The lowest BCUT2D eigenvalue weighted by molar-refractivity contribution is -0.385. The van der Waals surface area contributed by atoms with E-state index in [0.717, 1.165) is 29.7 Å². The average molecular weight is 420 g/mol. The van der Waals surface area contributed by atoms with Crippen LogP contribution in [0.4, 0.5) is 10.7 Å². The molecule has 0 spiro atoms. The van der Waals surface area contributed by atoms with Crippen molar-refractivity contribution in [1.29, 1.82) is 0 Å². The molecule has 0 bridgehead atoms. The van der Waals surface area contributed by atoms with Gasteiger partial charge < -0.3 is 15.8 Å². The number of nitrogens with zero attached hydrogens (tertiary/aromatic N) is 1. The van der Waals surface area contributed by atoms with E-state index in [1.165, 1.54) is 29.5 Å². The number of hydrogen-bond donors (Lipinski definition) is 3. The lowest BCUT2D eigenvalue weighted by atomic mass is 10.1. The molecule has 1 heterocycles. The van der Waals surface area contributed by atoms with Gasteiger partial charge in [0.2, 0.25) is 0 Å². The summed E-state index contributed by atoms with van der Waals surface area (Å²) in [6.07, 6.45) is 2.64. The van der Waals surface area contributed by atoms with Gasteiger partial charge in [0.25, 0.3) is 11.8 Å². The van der Waals surface area contributed by atoms with E-state index in [4.69, 9.17) is 22.7 Å². The Hall–Kier alpha value is -3.05. The van der Waals surface area contributed by atoms with Crippen LogP contribution in [-0.4, -0.2) is 28.5 Å². The summed E-state index contributed by atoms with van der Waals surface area (Å²) in [7, 11) is 0. The molecule has 3 rings (SSSR count). The number of benzene rings is 1. The molecule has 11 heteroatoms. The van der Waals surface area contributed by atoms with Gasteiger partial charge in [-0.3, -0.25) is 25.0 Å². The van der Waals surface area contributed by atoms with Crippen molar-refractivity contribution in [3.8, 4) is 5.75 Å². The average Bonchev–Trinajstić information content (AvgIpc) is 3.20. The van der Waals surface area contributed by atoms with E-state index in [1.807, 2.05) is 0 Å². The number of nitrogens with two attached hydrogens (primary N) is 1. The molecule has 0 fully saturated rings. The first kappa shape index (κ1) is 19.7. The second kappa shape index (κ2) is 8.31. The van der Waals surface area contributed by atoms with Crippen LogP contribution in [0.1, 0.15) is 27.2 Å². The SMILES string of the molecule is NC(=O)c1c(NC(=S)NC(=O)COc2ccccc2[N+](=O)[O-])sc2c1CCC2. The Balaban J connectivity index is 1.60. The summed E-state index contributed by atoms with van der Waals surface area (Å²) in [5, 5.41) is 16.7. The highest BCUT2D eigenvalue weighted by Crippen LogP contribution is 2.38. The topological polar surface area (TPSA) is 137 Å². The molecule has 146 valence electrons. The van der Waals surface area contributed by atoms with Crippen molar-refractivity contribution in [1.82, 2.24) is 5.32 Å². The number of rotatable bonds is 6. The Morgan fingerprint density at radius 2 is 2.07 bits per heavy atom. The van der Waals surface area contributed by atoms with E-state index in [9.17, 15) is 19.7 Å². The molecule has 1 aromatic heterocycles. The molecule has 0 saturated carbocycles. The molecule has 0 aliphatic heterocycles. The summed E-state index contributed by atoms with van der Waals surface area (Å²) in [4.78, 5) is 35.3. The molecule has 1 aliphatic carbocycles. The lowest BCUT2D eigenvalue weighted by Gasteiger charge is -2.10. The Morgan fingerprint density at radius 1 is 1.32 bits per heavy atom. The van der Waals surface area contributed by atoms with Crippen LogP contribution in [0, 0.1) is 10.1 Å². The smallest absolute Gasteiger partial charge is 0.310 e. The van der Waals surface area contributed by atoms with Crippen LogP contribution in [0.15, 0.2) is 24.3 Å². The number of thiophene rings is 1. The van der Waals surface area contributed by atoms with Gasteiger partial charge in [-0.15, -0.1) is 11.3 Å². The number of aryl methyl sites for hydroxylation is 1. The highest BCUT2D eigenvalue weighted by molar-refractivity contribution is 7.80. The number of ether oxygens (including phenoxy) is 1. The zero-order valence-corrected chi connectivity index (χ0v) is 16.2. The molecule has 1 aromatic carbocycles. The fourth-order valence-corrected chi connectivity index (χ4v) is 4.50. The summed E-state index contributed by atoms with van der Waals surface area (Å²) in [6.45, 7) is -0.462. The quantitative estimate of drug-likeness (QED) is 0.370. The van der Waals surface area contributed by atoms with Crippen molar-refractivity contribution in [3.63, 3.8) is 0 Å². The van der Waals surface area contributed by atoms with Crippen LogP contribution in [0.2, 0.25) is 0 Å². The highest BCUT2D eigenvalue weighted by atomic mass is 32.1. The second-order valence-electron chi connectivity index (χ2n) is 5.94. The number of amides is 2. The number of para-hydroxylation sites is 2. The van der Waals surface area contributed by atoms with E-state index in [2.05, 4.69) is 10.6 Å². The molecule has 9 nitrogen and oxygen atoms in total. The number of anilines is 1. The monoisotopic (exact) mass is 420 g/mol. The van der Waals surface area contributed by atoms with Crippen molar-refractivity contribution in [2.45, 2.75) is 19.3 Å². The minimum atomic E-state index is -0.597. The molecule has 0 atom stereocenters. The standard InChI is InChI=1S/C17H16N4O5S2/c18-15(23)14-9-4-3-7-12(9)28-16(14)20-17(27)19-13(22)8-26-11-6-2-1-5-10(11)21(24)25/h1-2,5-6H,3-4,7-8H2,(H2,18,23)(H2,19,20,22,27). The summed E-state index contributed by atoms with van der Waals surface area (Å²) >= 11 is 6.50. The molecule has 4 N–H and O–H groups in total. The molecule has 1 aliphatic rings. The Morgan fingerprint density at radius 3 is 2.79 bits per heavy atom. The Bertz CT molecular complexity index is 972. The van der Waals surface area contributed by atoms with Gasteiger partial charge in [-0.1, -0.05) is 12.1 Å². The van der Waals surface area contributed by atoms with Crippen LogP contribution in [0.25, 0.3) is 0 Å². The van der Waals surface area contributed by atoms with Gasteiger partial charge in [0.1, 0.15) is 5.00 Å². The summed E-state index contributed by atoms with van der Waals surface area (Å²) < 4.78 is 5.21. The van der Waals surface area contributed by atoms with Crippen molar-refractivity contribution >= 4 is 51.2 Å². The fourth-order valence-electron chi connectivity index (χ4n) is 2.92. The molecule has 0 radical (unpaired) electrons. The fraction of sp³-hybridized carbons (Fsp3) is 0.235. The van der Waals surface area contributed by atoms with Crippen LogP contribution in [0.3, 0.4) is 0 Å². The van der Waals surface area contributed by atoms with Gasteiger partial charge in [-0.2, -0.15) is 0 Å². The van der Waals surface area contributed by atoms with Gasteiger partial charge >= 0.3 is 5.69 Å². The molecular weight excluding hydrogens is 404 g/mol. The number of nitro groups is 1. The predicted molar refractivity (Wildman–Crippen MR) is 108 cm³/mol. The molecular formula is C17H16N4O5S2. The van der Waals surface area contributed by atoms with E-state index >= 15 is 0 Å². The predicted octanol–water partition coefficient (Wildman–Crippen LogP) is 2.14. The first-order valence-corrected chi connectivity index (χ1v) is 9.50. The normalized spacial score (nSPS) is 12.1. The molecule has 0 saturated heterocycles. The number of carbonyl (C=O) groups excluding carboxylic acids is 2.